The molecule has 0 aliphatic carbocycles. The number of nitrogens with zero attached hydrogens (tertiary/aromatic N) is 2. The van der Waals surface area contributed by atoms with Gasteiger partial charge in [0.25, 0.3) is 0 Å². The summed E-state index contributed by atoms with van der Waals surface area (Å²) in [5, 5.41) is 15.5. The van der Waals surface area contributed by atoms with Crippen molar-refractivity contribution in [3.05, 3.63) is 16.4 Å². The molecule has 0 bridgehead atoms. The molecule has 2 aliphatic rings. The molecule has 0 aromatic carbocycles. The monoisotopic (exact) mass is 300 g/mol. The van der Waals surface area contributed by atoms with Crippen molar-refractivity contribution in [2.75, 3.05) is 19.8 Å². The lowest BCUT2D eigenvalue weighted by atomic mass is 9.80. The van der Waals surface area contributed by atoms with Gasteiger partial charge in [-0.15, -0.1) is 0 Å². The van der Waals surface area contributed by atoms with Gasteiger partial charge in [-0.25, -0.2) is 0 Å². The molecule has 5 nitrogen and oxygen atoms in total. The molecular formula is C14H21ClN2O3. The summed E-state index contributed by atoms with van der Waals surface area (Å²) in [6, 6.07) is 0. The number of aryl methyl sites for hydroxylation is 2. The van der Waals surface area contributed by atoms with E-state index in [1.807, 2.05) is 6.92 Å². The molecule has 2 saturated heterocycles. The van der Waals surface area contributed by atoms with Crippen LogP contribution in [0.25, 0.3) is 0 Å². The topological polar surface area (TPSA) is 56.5 Å². The van der Waals surface area contributed by atoms with Crippen LogP contribution in [0.3, 0.4) is 0 Å². The van der Waals surface area contributed by atoms with E-state index in [1.165, 1.54) is 0 Å². The van der Waals surface area contributed by atoms with Crippen molar-refractivity contribution in [1.82, 2.24) is 9.78 Å². The average Bonchev–Trinajstić information content (AvgIpc) is 2.95. The maximum absolute atomic E-state index is 10.7. The molecule has 3 rings (SSSR count). The van der Waals surface area contributed by atoms with E-state index in [2.05, 4.69) is 5.10 Å². The second-order valence-electron chi connectivity index (χ2n) is 5.95. The van der Waals surface area contributed by atoms with E-state index in [0.717, 1.165) is 37.1 Å². The van der Waals surface area contributed by atoms with Crippen molar-refractivity contribution in [2.24, 2.45) is 13.0 Å². The maximum atomic E-state index is 10.7. The van der Waals surface area contributed by atoms with E-state index in [0.29, 0.717) is 18.4 Å². The summed E-state index contributed by atoms with van der Waals surface area (Å²) in [6.07, 6.45) is 1.99. The Bertz CT molecular complexity index is 497. The third-order valence-electron chi connectivity index (χ3n) is 4.54. The molecule has 1 spiro atoms. The quantitative estimate of drug-likeness (QED) is 0.907. The van der Waals surface area contributed by atoms with E-state index >= 15 is 0 Å². The molecule has 1 aromatic heterocycles. The van der Waals surface area contributed by atoms with E-state index in [9.17, 15) is 5.11 Å². The molecule has 3 atom stereocenters. The van der Waals surface area contributed by atoms with Crippen molar-refractivity contribution in [1.29, 1.82) is 0 Å². The van der Waals surface area contributed by atoms with Gasteiger partial charge < -0.3 is 14.6 Å². The molecule has 0 amide bonds. The Hall–Kier alpha value is -0.620. The lowest BCUT2D eigenvalue weighted by molar-refractivity contribution is -0.117. The van der Waals surface area contributed by atoms with Crippen LogP contribution >= 0.6 is 11.6 Å². The molecule has 2 aliphatic heterocycles. The fourth-order valence-electron chi connectivity index (χ4n) is 3.42. The second-order valence-corrected chi connectivity index (χ2v) is 6.30. The van der Waals surface area contributed by atoms with Gasteiger partial charge in [-0.05, 0) is 25.7 Å². The minimum Gasteiger partial charge on any atom is -0.388 e. The van der Waals surface area contributed by atoms with Gasteiger partial charge in [-0.1, -0.05) is 11.6 Å². The number of hydrogen-bond acceptors (Lipinski definition) is 4. The zero-order valence-corrected chi connectivity index (χ0v) is 12.7. The summed E-state index contributed by atoms with van der Waals surface area (Å²) in [7, 11) is 1.79. The highest BCUT2D eigenvalue weighted by Gasteiger charge is 2.43. The average molecular weight is 301 g/mol. The Morgan fingerprint density at radius 1 is 1.50 bits per heavy atom. The number of halogens is 1. The van der Waals surface area contributed by atoms with Crippen molar-refractivity contribution in [3.63, 3.8) is 0 Å². The summed E-state index contributed by atoms with van der Waals surface area (Å²) in [5.74, 6) is 0.144. The van der Waals surface area contributed by atoms with Crippen LogP contribution in [0.5, 0.6) is 0 Å². The molecule has 1 N–H and O–H groups in total. The van der Waals surface area contributed by atoms with E-state index < -0.39 is 6.10 Å². The lowest BCUT2D eigenvalue weighted by Crippen LogP contribution is -2.42. The maximum Gasteiger partial charge on any atom is 0.132 e. The van der Waals surface area contributed by atoms with Crippen LogP contribution in [-0.4, -0.2) is 40.3 Å². The third kappa shape index (κ3) is 2.37. The molecule has 0 radical (unpaired) electrons. The normalized spacial score (nSPS) is 31.9. The van der Waals surface area contributed by atoms with Crippen molar-refractivity contribution in [3.8, 4) is 0 Å². The Labute approximate surface area is 123 Å². The van der Waals surface area contributed by atoms with Gasteiger partial charge in [0.05, 0.1) is 24.0 Å². The Morgan fingerprint density at radius 2 is 2.30 bits per heavy atom. The summed E-state index contributed by atoms with van der Waals surface area (Å²) < 4.78 is 13.0. The molecule has 3 unspecified atom stereocenters. The fraction of sp³-hybridized carbons (Fsp3) is 0.786. The summed E-state index contributed by atoms with van der Waals surface area (Å²) >= 11 is 6.26. The summed E-state index contributed by atoms with van der Waals surface area (Å²) in [5.41, 5.74) is 1.36. The number of aromatic nitrogens is 2. The molecule has 20 heavy (non-hydrogen) atoms. The molecule has 1 aromatic rings. The first-order valence-electron chi connectivity index (χ1n) is 7.11. The lowest BCUT2D eigenvalue weighted by Gasteiger charge is -2.39. The predicted octanol–water partition coefficient (Wildman–Crippen LogP) is 2.00. The van der Waals surface area contributed by atoms with Crippen LogP contribution in [0.4, 0.5) is 0 Å². The summed E-state index contributed by atoms with van der Waals surface area (Å²) in [4.78, 5) is 0. The fourth-order valence-corrected chi connectivity index (χ4v) is 3.70. The van der Waals surface area contributed by atoms with E-state index in [1.54, 1.807) is 11.7 Å². The highest BCUT2D eigenvalue weighted by atomic mass is 35.5. The van der Waals surface area contributed by atoms with E-state index in [4.69, 9.17) is 21.1 Å². The molecule has 3 heterocycles. The van der Waals surface area contributed by atoms with Gasteiger partial charge in [0.15, 0.2) is 0 Å². The largest absolute Gasteiger partial charge is 0.388 e. The SMILES string of the molecule is Cc1nn(C)c(Cl)c1C(O)C1CCOC2(CCOC2)C1. The van der Waals surface area contributed by atoms with Crippen LogP contribution in [0.2, 0.25) is 5.15 Å². The van der Waals surface area contributed by atoms with Crippen molar-refractivity contribution >= 4 is 11.6 Å². The third-order valence-corrected chi connectivity index (χ3v) is 4.98. The van der Waals surface area contributed by atoms with Gasteiger partial charge in [-0.3, -0.25) is 4.68 Å². The number of ether oxygens (including phenoxy) is 2. The molecule has 0 saturated carbocycles. The Kier molecular flexibility index (Phi) is 3.79. The zero-order chi connectivity index (χ0) is 14.3. The van der Waals surface area contributed by atoms with Crippen LogP contribution in [0.15, 0.2) is 0 Å². The standard InChI is InChI=1S/C14H21ClN2O3/c1-9-11(13(15)17(2)16-9)12(18)10-3-5-20-14(7-10)4-6-19-8-14/h10,12,18H,3-8H2,1-2H3. The van der Waals surface area contributed by atoms with Gasteiger partial charge in [-0.2, -0.15) is 5.10 Å². The van der Waals surface area contributed by atoms with Gasteiger partial charge in [0.1, 0.15) is 5.15 Å². The van der Waals surface area contributed by atoms with Crippen LogP contribution in [-0.2, 0) is 16.5 Å². The van der Waals surface area contributed by atoms with Crippen molar-refractivity contribution < 1.29 is 14.6 Å². The zero-order valence-electron chi connectivity index (χ0n) is 11.9. The second kappa shape index (κ2) is 5.30. The highest BCUT2D eigenvalue weighted by Crippen LogP contribution is 2.42. The van der Waals surface area contributed by atoms with Crippen molar-refractivity contribution in [2.45, 2.75) is 37.9 Å². The van der Waals surface area contributed by atoms with Gasteiger partial charge in [0.2, 0.25) is 0 Å². The minimum absolute atomic E-state index is 0.144. The number of rotatable bonds is 2. The van der Waals surface area contributed by atoms with Crippen LogP contribution < -0.4 is 0 Å². The number of aliphatic hydroxyl groups excluding tert-OH is 1. The number of aliphatic hydroxyl groups is 1. The Balaban J connectivity index is 1.81. The molecule has 2 fully saturated rings. The minimum atomic E-state index is -0.586. The van der Waals surface area contributed by atoms with Gasteiger partial charge >= 0.3 is 0 Å². The predicted molar refractivity (Wildman–Crippen MR) is 74.8 cm³/mol. The first-order chi connectivity index (χ1) is 9.52. The van der Waals surface area contributed by atoms with Gasteiger partial charge in [0, 0.05) is 32.2 Å². The number of hydrogen-bond donors (Lipinski definition) is 1. The van der Waals surface area contributed by atoms with Crippen LogP contribution in [0.1, 0.15) is 36.6 Å². The summed E-state index contributed by atoms with van der Waals surface area (Å²) in [6.45, 7) is 3.94. The smallest absolute Gasteiger partial charge is 0.132 e. The first kappa shape index (κ1) is 14.3. The molecular weight excluding hydrogens is 280 g/mol. The Morgan fingerprint density at radius 3 is 2.90 bits per heavy atom. The highest BCUT2D eigenvalue weighted by molar-refractivity contribution is 6.30. The first-order valence-corrected chi connectivity index (χ1v) is 7.49. The van der Waals surface area contributed by atoms with Crippen LogP contribution in [0, 0.1) is 12.8 Å². The molecule has 112 valence electrons. The van der Waals surface area contributed by atoms with E-state index in [-0.39, 0.29) is 11.5 Å². The molecule has 6 heteroatoms.